The summed E-state index contributed by atoms with van der Waals surface area (Å²) < 4.78 is 42.4. The van der Waals surface area contributed by atoms with Crippen LogP contribution in [0.1, 0.15) is 12.0 Å². The van der Waals surface area contributed by atoms with Gasteiger partial charge in [0.05, 0.1) is 18.1 Å². The first-order valence-electron chi connectivity index (χ1n) is 9.89. The molecule has 6 nitrogen and oxygen atoms in total. The van der Waals surface area contributed by atoms with Gasteiger partial charge in [0, 0.05) is 50.0 Å². The van der Waals surface area contributed by atoms with E-state index in [1.165, 1.54) is 18.4 Å². The van der Waals surface area contributed by atoms with Crippen molar-refractivity contribution >= 4 is 21.4 Å². The molecule has 2 heterocycles. The number of carbonyl (C=O) groups is 1. The number of hydrogen-bond acceptors (Lipinski definition) is 5. The number of benzene rings is 2. The molecule has 0 N–H and O–H groups in total. The van der Waals surface area contributed by atoms with Gasteiger partial charge < -0.3 is 9.64 Å². The summed E-state index contributed by atoms with van der Waals surface area (Å²) in [6, 6.07) is 12.9. The highest BCUT2D eigenvalue weighted by Gasteiger charge is 2.46. The lowest BCUT2D eigenvalue weighted by atomic mass is 9.87. The molecule has 2 aliphatic rings. The summed E-state index contributed by atoms with van der Waals surface area (Å²) in [7, 11) is -3.22. The van der Waals surface area contributed by atoms with Gasteiger partial charge in [0.15, 0.2) is 9.84 Å². The van der Waals surface area contributed by atoms with Gasteiger partial charge in [-0.1, -0.05) is 12.1 Å². The van der Waals surface area contributed by atoms with Gasteiger partial charge in [-0.05, 0) is 42.0 Å². The monoisotopic (exact) mass is 432 g/mol. The molecule has 0 aromatic heterocycles. The summed E-state index contributed by atoms with van der Waals surface area (Å²) >= 11 is 0. The fourth-order valence-electron chi connectivity index (χ4n) is 4.27. The third-order valence-corrected chi connectivity index (χ3v) is 6.86. The van der Waals surface area contributed by atoms with Crippen molar-refractivity contribution in [2.75, 3.05) is 44.0 Å². The molecule has 160 valence electrons. The number of anilines is 1. The van der Waals surface area contributed by atoms with Crippen molar-refractivity contribution in [3.63, 3.8) is 0 Å². The van der Waals surface area contributed by atoms with Gasteiger partial charge in [0.2, 0.25) is 5.91 Å². The van der Waals surface area contributed by atoms with Crippen molar-refractivity contribution in [2.24, 2.45) is 5.41 Å². The van der Waals surface area contributed by atoms with Gasteiger partial charge in [-0.2, -0.15) is 0 Å². The van der Waals surface area contributed by atoms with Crippen LogP contribution in [0.2, 0.25) is 0 Å². The zero-order valence-corrected chi connectivity index (χ0v) is 17.7. The largest absolute Gasteiger partial charge is 0.379 e. The van der Waals surface area contributed by atoms with E-state index in [2.05, 4.69) is 4.90 Å². The Balaban J connectivity index is 1.49. The molecular formula is C22H25FN2O4S. The lowest BCUT2D eigenvalue weighted by Gasteiger charge is -2.31. The molecule has 4 rings (SSSR count). The first-order chi connectivity index (χ1) is 14.2. The summed E-state index contributed by atoms with van der Waals surface area (Å²) in [4.78, 5) is 17.0. The lowest BCUT2D eigenvalue weighted by molar-refractivity contribution is -0.118. The number of ether oxygens (including phenoxy) is 1. The summed E-state index contributed by atoms with van der Waals surface area (Å²) in [6.07, 6.45) is 1.58. The van der Waals surface area contributed by atoms with E-state index in [1.54, 1.807) is 29.2 Å². The Bertz CT molecular complexity index is 1020. The standard InChI is InChI=1S/C22H25FN2O4S/c1-30(27,28)20-8-2-17(3-9-20)13-24-10-11-29-16-22(14-24)12-21(26)25(15-22)19-6-4-18(23)5-7-19/h2-9H,10-16H2,1H3. The number of carbonyl (C=O) groups excluding carboxylic acids is 1. The van der Waals surface area contributed by atoms with Crippen molar-refractivity contribution in [1.29, 1.82) is 0 Å². The third-order valence-electron chi connectivity index (χ3n) is 5.74. The van der Waals surface area contributed by atoms with Crippen LogP contribution in [0.15, 0.2) is 53.4 Å². The minimum atomic E-state index is -3.22. The van der Waals surface area contributed by atoms with Crippen LogP contribution in [-0.4, -0.2) is 58.3 Å². The number of rotatable bonds is 4. The maximum atomic E-state index is 13.3. The van der Waals surface area contributed by atoms with Crippen molar-refractivity contribution in [1.82, 2.24) is 4.90 Å². The first-order valence-corrected chi connectivity index (χ1v) is 11.8. The topological polar surface area (TPSA) is 66.9 Å². The summed E-state index contributed by atoms with van der Waals surface area (Å²) in [6.45, 7) is 3.69. The van der Waals surface area contributed by atoms with Crippen molar-refractivity contribution in [2.45, 2.75) is 17.9 Å². The molecule has 2 saturated heterocycles. The quantitative estimate of drug-likeness (QED) is 0.743. The molecule has 2 fully saturated rings. The second-order valence-corrected chi connectivity index (χ2v) is 10.3. The van der Waals surface area contributed by atoms with Gasteiger partial charge in [-0.3, -0.25) is 9.69 Å². The number of hydrogen-bond donors (Lipinski definition) is 0. The Morgan fingerprint density at radius 3 is 2.43 bits per heavy atom. The SMILES string of the molecule is CS(=O)(=O)c1ccc(CN2CCOCC3(CC(=O)N(c4ccc(F)cc4)C3)C2)cc1. The van der Waals surface area contributed by atoms with E-state index in [-0.39, 0.29) is 17.1 Å². The number of halogens is 1. The average molecular weight is 433 g/mol. The second kappa shape index (κ2) is 8.09. The Labute approximate surface area is 176 Å². The van der Waals surface area contributed by atoms with Crippen LogP contribution in [0.4, 0.5) is 10.1 Å². The van der Waals surface area contributed by atoms with Gasteiger partial charge in [0.1, 0.15) is 5.82 Å². The summed E-state index contributed by atoms with van der Waals surface area (Å²) in [5, 5.41) is 0. The van der Waals surface area contributed by atoms with Crippen LogP contribution in [0.3, 0.4) is 0 Å². The van der Waals surface area contributed by atoms with E-state index in [0.717, 1.165) is 12.1 Å². The summed E-state index contributed by atoms with van der Waals surface area (Å²) in [5.74, 6) is -0.310. The molecule has 1 spiro atoms. The van der Waals surface area contributed by atoms with Gasteiger partial charge in [0.25, 0.3) is 0 Å². The number of sulfone groups is 1. The van der Waals surface area contributed by atoms with Crippen LogP contribution in [0.25, 0.3) is 0 Å². The molecule has 2 aliphatic heterocycles. The molecule has 0 bridgehead atoms. The normalized spacial score (nSPS) is 23.1. The highest BCUT2D eigenvalue weighted by atomic mass is 32.2. The Kier molecular flexibility index (Phi) is 5.65. The molecule has 0 aliphatic carbocycles. The predicted molar refractivity (Wildman–Crippen MR) is 111 cm³/mol. The van der Waals surface area contributed by atoms with Gasteiger partial charge in [-0.25, -0.2) is 12.8 Å². The minimum absolute atomic E-state index is 0.0181. The van der Waals surface area contributed by atoms with Crippen LogP contribution < -0.4 is 4.90 Å². The summed E-state index contributed by atoms with van der Waals surface area (Å²) in [5.41, 5.74) is 1.39. The highest BCUT2D eigenvalue weighted by Crippen LogP contribution is 2.37. The molecule has 2 aromatic rings. The second-order valence-electron chi connectivity index (χ2n) is 8.31. The van der Waals surface area contributed by atoms with Crippen LogP contribution in [0, 0.1) is 11.2 Å². The zero-order chi connectivity index (χ0) is 21.4. The zero-order valence-electron chi connectivity index (χ0n) is 16.9. The van der Waals surface area contributed by atoms with Gasteiger partial charge in [-0.15, -0.1) is 0 Å². The molecule has 1 atom stereocenters. The number of amides is 1. The molecule has 2 aromatic carbocycles. The molecule has 30 heavy (non-hydrogen) atoms. The maximum Gasteiger partial charge on any atom is 0.227 e. The van der Waals surface area contributed by atoms with E-state index in [0.29, 0.717) is 49.9 Å². The van der Waals surface area contributed by atoms with E-state index in [4.69, 9.17) is 4.74 Å². The van der Waals surface area contributed by atoms with Crippen molar-refractivity contribution in [3.8, 4) is 0 Å². The minimum Gasteiger partial charge on any atom is -0.379 e. The Morgan fingerprint density at radius 2 is 1.77 bits per heavy atom. The molecular weight excluding hydrogens is 407 g/mol. The average Bonchev–Trinajstić information content (AvgIpc) is 2.88. The lowest BCUT2D eigenvalue weighted by Crippen LogP contribution is -2.40. The third kappa shape index (κ3) is 4.55. The smallest absolute Gasteiger partial charge is 0.227 e. The van der Waals surface area contributed by atoms with E-state index >= 15 is 0 Å². The number of nitrogens with zero attached hydrogens (tertiary/aromatic N) is 2. The first kappa shape index (κ1) is 21.0. The molecule has 1 amide bonds. The fraction of sp³-hybridized carbons (Fsp3) is 0.409. The van der Waals surface area contributed by atoms with Crippen LogP contribution >= 0.6 is 0 Å². The predicted octanol–water partition coefficient (Wildman–Crippen LogP) is 2.48. The maximum absolute atomic E-state index is 13.3. The van der Waals surface area contributed by atoms with Gasteiger partial charge >= 0.3 is 0 Å². The molecule has 0 radical (unpaired) electrons. The van der Waals surface area contributed by atoms with E-state index in [9.17, 15) is 17.6 Å². The molecule has 8 heteroatoms. The van der Waals surface area contributed by atoms with E-state index in [1.807, 2.05) is 12.1 Å². The van der Waals surface area contributed by atoms with Crippen LogP contribution in [0.5, 0.6) is 0 Å². The molecule has 1 unspecified atom stereocenters. The highest BCUT2D eigenvalue weighted by molar-refractivity contribution is 7.90. The van der Waals surface area contributed by atoms with Crippen molar-refractivity contribution in [3.05, 3.63) is 59.9 Å². The van der Waals surface area contributed by atoms with E-state index < -0.39 is 9.84 Å². The Hall–Kier alpha value is -2.29. The Morgan fingerprint density at radius 1 is 1.07 bits per heavy atom. The van der Waals surface area contributed by atoms with Crippen LogP contribution in [-0.2, 0) is 25.9 Å². The fourth-order valence-corrected chi connectivity index (χ4v) is 4.90. The van der Waals surface area contributed by atoms with Crippen molar-refractivity contribution < 1.29 is 22.3 Å². The molecule has 0 saturated carbocycles.